The van der Waals surface area contributed by atoms with Crippen molar-refractivity contribution >= 4 is 31.5 Å². The first kappa shape index (κ1) is 20.6. The number of aliphatic hydroxyl groups is 1. The van der Waals surface area contributed by atoms with E-state index >= 15 is 0 Å². The molecule has 1 saturated heterocycles. The number of nitrogens with two attached hydrogens (primary N) is 1. The molecule has 4 N–H and O–H groups in total. The molecule has 3 atom stereocenters. The number of nitrogens with zero attached hydrogens (tertiary/aromatic N) is 5. The molecule has 154 valence electrons. The minimum atomic E-state index is -2.19. The second kappa shape index (κ2) is 7.06. The summed E-state index contributed by atoms with van der Waals surface area (Å²) in [5.41, 5.74) is 5.60. The van der Waals surface area contributed by atoms with Crippen molar-refractivity contribution in [3.63, 3.8) is 0 Å². The van der Waals surface area contributed by atoms with Crippen LogP contribution in [0.4, 0.5) is 5.82 Å². The third-order valence-corrected chi connectivity index (χ3v) is 10.3. The molecule has 0 saturated carbocycles. The number of fused-ring (bicyclic) bond motifs is 1. The van der Waals surface area contributed by atoms with E-state index in [9.17, 15) is 10.3 Å². The Morgan fingerprint density at radius 3 is 2.75 bits per heavy atom. The van der Waals surface area contributed by atoms with Crippen molar-refractivity contribution < 1.29 is 19.5 Å². The predicted octanol–water partition coefficient (Wildman–Crippen LogP) is 1.91. The van der Waals surface area contributed by atoms with Crippen molar-refractivity contribution in [2.75, 3.05) is 12.3 Å². The van der Waals surface area contributed by atoms with Gasteiger partial charge in [0.15, 0.2) is 25.4 Å². The van der Waals surface area contributed by atoms with E-state index in [1.807, 2.05) is 0 Å². The summed E-state index contributed by atoms with van der Waals surface area (Å²) in [6.45, 7) is 10.3. The summed E-state index contributed by atoms with van der Waals surface area (Å²) in [5, 5.41) is 22.4. The largest absolute Gasteiger partial charge is 0.411 e. The monoisotopic (exact) mass is 408 g/mol. The zero-order valence-electron chi connectivity index (χ0n) is 16.8. The highest BCUT2D eigenvalue weighted by atomic mass is 28.4. The van der Waals surface area contributed by atoms with Gasteiger partial charge in [-0.25, -0.2) is 15.0 Å². The zero-order valence-corrected chi connectivity index (χ0v) is 17.8. The van der Waals surface area contributed by atoms with Crippen LogP contribution in [0.1, 0.15) is 33.4 Å². The number of aliphatic hydroxyl groups excluding tert-OH is 1. The highest BCUT2D eigenvalue weighted by molar-refractivity contribution is 6.74. The third kappa shape index (κ3) is 3.38. The summed E-state index contributed by atoms with van der Waals surface area (Å²) in [6, 6.07) is 0. The number of hydrogen-bond acceptors (Lipinski definition) is 9. The van der Waals surface area contributed by atoms with Crippen molar-refractivity contribution in [3.8, 4) is 0 Å². The lowest BCUT2D eigenvalue weighted by molar-refractivity contribution is -0.0779. The second-order valence-electron chi connectivity index (χ2n) is 8.62. The summed E-state index contributed by atoms with van der Waals surface area (Å²) >= 11 is 0. The van der Waals surface area contributed by atoms with E-state index in [2.05, 4.69) is 54.0 Å². The Kier molecular flexibility index (Phi) is 5.21. The highest BCUT2D eigenvalue weighted by Crippen LogP contribution is 2.44. The van der Waals surface area contributed by atoms with Crippen molar-refractivity contribution in [2.45, 2.75) is 63.3 Å². The van der Waals surface area contributed by atoms with Crippen molar-refractivity contribution in [2.24, 2.45) is 5.16 Å². The number of imidazole rings is 1. The molecule has 10 nitrogen and oxygen atoms in total. The van der Waals surface area contributed by atoms with Crippen LogP contribution in [0.3, 0.4) is 0 Å². The molecule has 0 aliphatic carbocycles. The van der Waals surface area contributed by atoms with E-state index in [0.717, 1.165) is 0 Å². The van der Waals surface area contributed by atoms with Crippen molar-refractivity contribution in [1.29, 1.82) is 0 Å². The molecule has 0 bridgehead atoms. The Bertz CT molecular complexity index is 880. The van der Waals surface area contributed by atoms with Crippen molar-refractivity contribution in [1.82, 2.24) is 19.5 Å². The average Bonchev–Trinajstić information content (AvgIpc) is 3.17. The zero-order chi connectivity index (χ0) is 20.7. The summed E-state index contributed by atoms with van der Waals surface area (Å²) in [7, 11) is -2.19. The van der Waals surface area contributed by atoms with Gasteiger partial charge in [0.2, 0.25) is 0 Å². The fourth-order valence-corrected chi connectivity index (χ4v) is 4.44. The molecule has 1 aliphatic rings. The van der Waals surface area contributed by atoms with Gasteiger partial charge in [-0.3, -0.25) is 4.57 Å². The van der Waals surface area contributed by atoms with E-state index in [1.54, 1.807) is 10.9 Å². The molecule has 1 fully saturated rings. The highest BCUT2D eigenvalue weighted by Gasteiger charge is 2.53. The molecule has 2 aromatic heterocycles. The Morgan fingerprint density at radius 2 is 2.14 bits per heavy atom. The maximum absolute atomic E-state index is 10.1. The molecule has 0 amide bonds. The van der Waals surface area contributed by atoms with Crippen LogP contribution in [0.5, 0.6) is 0 Å². The molecule has 0 spiro atoms. The SMILES string of the molecule is CC(C)(C)[Si](C)(C)O[C@H]1C[C@H](n2cnc3c(N)ncnc32)O[C@]1(C=NO)CO. The first-order valence-electron chi connectivity index (χ1n) is 9.13. The van der Waals surface area contributed by atoms with E-state index in [4.69, 9.17) is 14.9 Å². The van der Waals surface area contributed by atoms with Crippen LogP contribution in [-0.2, 0) is 9.16 Å². The third-order valence-electron chi connectivity index (χ3n) is 5.78. The Morgan fingerprint density at radius 1 is 1.43 bits per heavy atom. The Hall–Kier alpha value is -2.08. The van der Waals surface area contributed by atoms with Gasteiger partial charge < -0.3 is 25.2 Å². The van der Waals surface area contributed by atoms with Gasteiger partial charge >= 0.3 is 0 Å². The van der Waals surface area contributed by atoms with Crippen LogP contribution in [-0.4, -0.2) is 62.7 Å². The summed E-state index contributed by atoms with van der Waals surface area (Å²) in [6.07, 6.45) is 3.54. The number of rotatable bonds is 5. The lowest BCUT2D eigenvalue weighted by Gasteiger charge is -2.41. The number of anilines is 1. The number of nitrogen functional groups attached to an aromatic ring is 1. The van der Waals surface area contributed by atoms with E-state index in [-0.39, 0.29) is 10.9 Å². The quantitative estimate of drug-likeness (QED) is 0.295. The van der Waals surface area contributed by atoms with Crippen LogP contribution in [0.15, 0.2) is 17.8 Å². The summed E-state index contributed by atoms with van der Waals surface area (Å²) < 4.78 is 14.4. The van der Waals surface area contributed by atoms with Gasteiger partial charge in [-0.15, -0.1) is 0 Å². The summed E-state index contributed by atoms with van der Waals surface area (Å²) in [4.78, 5) is 12.5. The van der Waals surface area contributed by atoms with E-state index < -0.39 is 32.9 Å². The van der Waals surface area contributed by atoms with Crippen LogP contribution in [0.2, 0.25) is 18.1 Å². The fraction of sp³-hybridized carbons (Fsp3) is 0.647. The topological polar surface area (TPSA) is 141 Å². The van der Waals surface area contributed by atoms with Gasteiger partial charge in [-0.05, 0) is 18.1 Å². The Balaban J connectivity index is 1.99. The second-order valence-corrected chi connectivity index (χ2v) is 13.4. The lowest BCUT2D eigenvalue weighted by atomic mass is 9.99. The predicted molar refractivity (Wildman–Crippen MR) is 107 cm³/mol. The van der Waals surface area contributed by atoms with Crippen LogP contribution >= 0.6 is 0 Å². The molecule has 3 rings (SSSR count). The molecule has 3 heterocycles. The molecule has 1 aliphatic heterocycles. The van der Waals surface area contributed by atoms with Crippen molar-refractivity contribution in [3.05, 3.63) is 12.7 Å². The fourth-order valence-electron chi connectivity index (χ4n) is 3.08. The molecular formula is C17H28N6O4Si. The number of hydrogen-bond donors (Lipinski definition) is 3. The molecule has 0 radical (unpaired) electrons. The van der Waals surface area contributed by atoms with E-state index in [1.165, 1.54) is 12.5 Å². The van der Waals surface area contributed by atoms with Gasteiger partial charge in [0, 0.05) is 6.42 Å². The molecule has 2 aromatic rings. The molecule has 0 aromatic carbocycles. The van der Waals surface area contributed by atoms with Crippen LogP contribution in [0, 0.1) is 0 Å². The Labute approximate surface area is 164 Å². The van der Waals surface area contributed by atoms with Gasteiger partial charge in [-0.2, -0.15) is 0 Å². The van der Waals surface area contributed by atoms with Gasteiger partial charge in [0.1, 0.15) is 18.1 Å². The van der Waals surface area contributed by atoms with Gasteiger partial charge in [0.25, 0.3) is 0 Å². The normalized spacial score (nSPS) is 26.5. The minimum absolute atomic E-state index is 0.0357. The smallest absolute Gasteiger partial charge is 0.192 e. The van der Waals surface area contributed by atoms with E-state index in [0.29, 0.717) is 17.6 Å². The average molecular weight is 409 g/mol. The van der Waals surface area contributed by atoms with Crippen LogP contribution in [0.25, 0.3) is 11.2 Å². The number of oxime groups is 1. The number of aromatic nitrogens is 4. The molecule has 28 heavy (non-hydrogen) atoms. The van der Waals surface area contributed by atoms with Gasteiger partial charge in [0.05, 0.1) is 25.3 Å². The van der Waals surface area contributed by atoms with Gasteiger partial charge in [-0.1, -0.05) is 25.9 Å². The maximum Gasteiger partial charge on any atom is 0.192 e. The first-order valence-corrected chi connectivity index (χ1v) is 12.0. The van der Waals surface area contributed by atoms with Crippen LogP contribution < -0.4 is 5.73 Å². The number of ether oxygens (including phenoxy) is 1. The minimum Gasteiger partial charge on any atom is -0.411 e. The standard InChI is InChI=1S/C17H28N6O4Si/c1-16(2,3)28(4,5)27-11-6-12(26-17(11,8-24)7-22-25)23-10-21-13-14(18)19-9-20-15(13)23/h7,9-12,24-25H,6,8H2,1-5H3,(H2,18,19,20)/t11-,12+,17+/m0/s1. The lowest BCUT2D eigenvalue weighted by Crippen LogP contribution is -2.53. The first-order chi connectivity index (χ1) is 13.0. The molecular weight excluding hydrogens is 380 g/mol. The molecule has 0 unspecified atom stereocenters. The summed E-state index contributed by atoms with van der Waals surface area (Å²) in [5.74, 6) is 0.279. The maximum atomic E-state index is 10.1. The molecule has 11 heteroatoms.